The second-order valence-corrected chi connectivity index (χ2v) is 5.20. The highest BCUT2D eigenvalue weighted by Gasteiger charge is 2.13. The van der Waals surface area contributed by atoms with Crippen molar-refractivity contribution >= 4 is 17.4 Å². The zero-order valence-electron chi connectivity index (χ0n) is 10.3. The van der Waals surface area contributed by atoms with E-state index in [-0.39, 0.29) is 0 Å². The minimum atomic E-state index is 0.418. The lowest BCUT2D eigenvalue weighted by molar-refractivity contribution is 0.223. The maximum Gasteiger partial charge on any atom is 0.126 e. The van der Waals surface area contributed by atoms with Gasteiger partial charge in [0.15, 0.2) is 0 Å². The van der Waals surface area contributed by atoms with E-state index in [0.29, 0.717) is 11.1 Å². The molecule has 1 atom stereocenters. The summed E-state index contributed by atoms with van der Waals surface area (Å²) in [4.78, 5) is 6.77. The molecule has 1 aromatic rings. The van der Waals surface area contributed by atoms with Crippen LogP contribution in [-0.2, 0) is 0 Å². The third-order valence-corrected chi connectivity index (χ3v) is 3.33. The Morgan fingerprint density at radius 2 is 2.12 bits per heavy atom. The van der Waals surface area contributed by atoms with E-state index >= 15 is 0 Å². The number of nitrogens with one attached hydrogen (secondary N) is 1. The monoisotopic (exact) mass is 253 g/mol. The van der Waals surface area contributed by atoms with Crippen molar-refractivity contribution in [3.8, 4) is 0 Å². The topological polar surface area (TPSA) is 28.2 Å². The van der Waals surface area contributed by atoms with E-state index in [2.05, 4.69) is 22.1 Å². The van der Waals surface area contributed by atoms with Crippen LogP contribution in [0.15, 0.2) is 18.3 Å². The first kappa shape index (κ1) is 12.7. The first-order chi connectivity index (χ1) is 8.24. The van der Waals surface area contributed by atoms with Gasteiger partial charge in [-0.25, -0.2) is 4.98 Å². The summed E-state index contributed by atoms with van der Waals surface area (Å²) in [7, 11) is 0. The van der Waals surface area contributed by atoms with Crippen LogP contribution in [0.25, 0.3) is 0 Å². The molecule has 0 radical (unpaired) electrons. The average Bonchev–Trinajstić information content (AvgIpc) is 2.33. The Morgan fingerprint density at radius 1 is 1.35 bits per heavy atom. The van der Waals surface area contributed by atoms with E-state index in [9.17, 15) is 0 Å². The molecule has 0 saturated carbocycles. The summed E-state index contributed by atoms with van der Waals surface area (Å²) in [6, 6.07) is 4.21. The standard InChI is InChI=1S/C13H20ClN3/c1-11(10-17-7-3-2-4-8-17)16-13-6-5-12(14)9-15-13/h5-6,9,11H,2-4,7-8,10H2,1H3,(H,15,16). The lowest BCUT2D eigenvalue weighted by Crippen LogP contribution is -2.38. The van der Waals surface area contributed by atoms with Crippen LogP contribution < -0.4 is 5.32 Å². The van der Waals surface area contributed by atoms with Gasteiger partial charge < -0.3 is 10.2 Å². The minimum absolute atomic E-state index is 0.418. The van der Waals surface area contributed by atoms with Crippen molar-refractivity contribution in [2.45, 2.75) is 32.2 Å². The third-order valence-electron chi connectivity index (χ3n) is 3.10. The first-order valence-corrected chi connectivity index (χ1v) is 6.72. The summed E-state index contributed by atoms with van der Waals surface area (Å²) in [6.45, 7) is 5.76. The Labute approximate surface area is 108 Å². The van der Waals surface area contributed by atoms with Crippen LogP contribution in [0.4, 0.5) is 5.82 Å². The number of anilines is 1. The zero-order valence-corrected chi connectivity index (χ0v) is 11.1. The summed E-state index contributed by atoms with van der Waals surface area (Å²) < 4.78 is 0. The molecule has 1 N–H and O–H groups in total. The fraction of sp³-hybridized carbons (Fsp3) is 0.615. The van der Waals surface area contributed by atoms with Crippen molar-refractivity contribution in [1.29, 1.82) is 0 Å². The van der Waals surface area contributed by atoms with Crippen molar-refractivity contribution in [2.75, 3.05) is 25.0 Å². The summed E-state index contributed by atoms with van der Waals surface area (Å²) in [6.07, 6.45) is 5.74. The van der Waals surface area contributed by atoms with Gasteiger partial charge >= 0.3 is 0 Å². The maximum absolute atomic E-state index is 5.81. The number of nitrogens with zero attached hydrogens (tertiary/aromatic N) is 2. The van der Waals surface area contributed by atoms with Gasteiger partial charge in [0.2, 0.25) is 0 Å². The highest BCUT2D eigenvalue weighted by atomic mass is 35.5. The Balaban J connectivity index is 1.79. The van der Waals surface area contributed by atoms with Gasteiger partial charge in [0.25, 0.3) is 0 Å². The molecule has 0 aliphatic carbocycles. The molecule has 0 aromatic carbocycles. The Hall–Kier alpha value is -0.800. The predicted molar refractivity (Wildman–Crippen MR) is 72.6 cm³/mol. The van der Waals surface area contributed by atoms with Crippen LogP contribution in [-0.4, -0.2) is 35.6 Å². The molecule has 1 aliphatic heterocycles. The van der Waals surface area contributed by atoms with Gasteiger partial charge in [-0.05, 0) is 45.0 Å². The molecule has 2 rings (SSSR count). The smallest absolute Gasteiger partial charge is 0.126 e. The molecule has 1 saturated heterocycles. The number of hydrogen-bond acceptors (Lipinski definition) is 3. The largest absolute Gasteiger partial charge is 0.366 e. The van der Waals surface area contributed by atoms with Crippen LogP contribution >= 0.6 is 11.6 Å². The Kier molecular flexibility index (Phi) is 4.63. The van der Waals surface area contributed by atoms with E-state index < -0.39 is 0 Å². The van der Waals surface area contributed by atoms with Gasteiger partial charge in [0.05, 0.1) is 5.02 Å². The van der Waals surface area contributed by atoms with E-state index in [4.69, 9.17) is 11.6 Å². The maximum atomic E-state index is 5.81. The molecule has 1 aliphatic rings. The number of aromatic nitrogens is 1. The summed E-state index contributed by atoms with van der Waals surface area (Å²) >= 11 is 5.81. The SMILES string of the molecule is CC(CN1CCCCC1)Nc1ccc(Cl)cn1. The Bertz CT molecular complexity index is 333. The summed E-state index contributed by atoms with van der Waals surface area (Å²) in [5.74, 6) is 0.902. The molecule has 4 heteroatoms. The van der Waals surface area contributed by atoms with Gasteiger partial charge in [0, 0.05) is 18.8 Å². The lowest BCUT2D eigenvalue weighted by Gasteiger charge is -2.29. The van der Waals surface area contributed by atoms with E-state index in [1.165, 1.54) is 32.4 Å². The van der Waals surface area contributed by atoms with Crippen LogP contribution in [0, 0.1) is 0 Å². The molecule has 1 unspecified atom stereocenters. The highest BCUT2D eigenvalue weighted by molar-refractivity contribution is 6.30. The van der Waals surface area contributed by atoms with Crippen molar-refractivity contribution in [3.63, 3.8) is 0 Å². The molecule has 0 spiro atoms. The van der Waals surface area contributed by atoms with Gasteiger partial charge in [-0.3, -0.25) is 0 Å². The molecule has 0 amide bonds. The third kappa shape index (κ3) is 4.17. The second kappa shape index (κ2) is 6.22. The van der Waals surface area contributed by atoms with Gasteiger partial charge in [-0.15, -0.1) is 0 Å². The minimum Gasteiger partial charge on any atom is -0.366 e. The van der Waals surface area contributed by atoms with Crippen molar-refractivity contribution in [2.24, 2.45) is 0 Å². The number of rotatable bonds is 4. The van der Waals surface area contributed by atoms with E-state index in [1.54, 1.807) is 6.20 Å². The highest BCUT2D eigenvalue weighted by Crippen LogP contribution is 2.12. The normalized spacial score (nSPS) is 18.9. The number of likely N-dealkylation sites (tertiary alicyclic amines) is 1. The number of hydrogen-bond donors (Lipinski definition) is 1. The molecule has 2 heterocycles. The molecule has 1 aromatic heterocycles. The molecule has 17 heavy (non-hydrogen) atoms. The van der Waals surface area contributed by atoms with Crippen molar-refractivity contribution < 1.29 is 0 Å². The molecular weight excluding hydrogens is 234 g/mol. The molecule has 3 nitrogen and oxygen atoms in total. The summed E-state index contributed by atoms with van der Waals surface area (Å²) in [5.41, 5.74) is 0. The lowest BCUT2D eigenvalue weighted by atomic mass is 10.1. The van der Waals surface area contributed by atoms with Crippen molar-refractivity contribution in [3.05, 3.63) is 23.4 Å². The fourth-order valence-corrected chi connectivity index (χ4v) is 2.40. The van der Waals surface area contributed by atoms with Crippen LogP contribution in [0.3, 0.4) is 0 Å². The van der Waals surface area contributed by atoms with Gasteiger partial charge in [-0.1, -0.05) is 18.0 Å². The van der Waals surface area contributed by atoms with Crippen molar-refractivity contribution in [1.82, 2.24) is 9.88 Å². The number of piperidine rings is 1. The molecule has 94 valence electrons. The second-order valence-electron chi connectivity index (χ2n) is 4.77. The quantitative estimate of drug-likeness (QED) is 0.894. The van der Waals surface area contributed by atoms with Crippen LogP contribution in [0.5, 0.6) is 0 Å². The summed E-state index contributed by atoms with van der Waals surface area (Å²) in [5, 5.41) is 4.08. The fourth-order valence-electron chi connectivity index (χ4n) is 2.29. The van der Waals surface area contributed by atoms with E-state index in [1.807, 2.05) is 12.1 Å². The van der Waals surface area contributed by atoms with Crippen LogP contribution in [0.2, 0.25) is 5.02 Å². The van der Waals surface area contributed by atoms with Gasteiger partial charge in [0.1, 0.15) is 5.82 Å². The first-order valence-electron chi connectivity index (χ1n) is 6.34. The predicted octanol–water partition coefficient (Wildman–Crippen LogP) is 3.02. The number of halogens is 1. The molecule has 1 fully saturated rings. The molecular formula is C13H20ClN3. The number of pyridine rings is 1. The van der Waals surface area contributed by atoms with Gasteiger partial charge in [-0.2, -0.15) is 0 Å². The Morgan fingerprint density at radius 3 is 2.76 bits per heavy atom. The average molecular weight is 254 g/mol. The zero-order chi connectivity index (χ0) is 12.1. The van der Waals surface area contributed by atoms with E-state index in [0.717, 1.165) is 12.4 Å². The van der Waals surface area contributed by atoms with Crippen LogP contribution in [0.1, 0.15) is 26.2 Å². The molecule has 0 bridgehead atoms.